The first-order valence-electron chi connectivity index (χ1n) is 9.71. The van der Waals surface area contributed by atoms with Crippen LogP contribution in [0.5, 0.6) is 0 Å². The lowest BCUT2D eigenvalue weighted by Gasteiger charge is -2.37. The molecular formula is C22H22F4N2O. The molecule has 1 unspecified atom stereocenters. The molecule has 0 spiro atoms. The van der Waals surface area contributed by atoms with E-state index in [0.29, 0.717) is 31.9 Å². The van der Waals surface area contributed by atoms with Crippen molar-refractivity contribution >= 4 is 11.6 Å². The molecule has 1 saturated carbocycles. The van der Waals surface area contributed by atoms with Crippen molar-refractivity contribution in [2.75, 3.05) is 31.1 Å². The highest BCUT2D eigenvalue weighted by atomic mass is 19.4. The number of halogens is 4. The number of alkyl halides is 3. The van der Waals surface area contributed by atoms with E-state index in [1.54, 1.807) is 24.0 Å². The maximum Gasteiger partial charge on any atom is 0.416 e. The molecule has 29 heavy (non-hydrogen) atoms. The third-order valence-corrected chi connectivity index (χ3v) is 5.87. The molecule has 0 bridgehead atoms. The average Bonchev–Trinajstić information content (AvgIpc) is 3.48. The number of amides is 1. The highest BCUT2D eigenvalue weighted by Crippen LogP contribution is 2.48. The molecule has 1 heterocycles. The maximum atomic E-state index is 13.1. The standard InChI is InChI=1S/C22H22F4N2O/c1-14-2-5-16(22(24,25)26)12-20(14)27-8-10-28(11-9-27)21(29)19-13-18(19)15-3-6-17(23)7-4-15/h2-7,12,18-19H,8-11,13H2,1H3/t18?,19-/m0/s1. The largest absolute Gasteiger partial charge is 0.416 e. The van der Waals surface area contributed by atoms with Gasteiger partial charge in [-0.1, -0.05) is 18.2 Å². The van der Waals surface area contributed by atoms with E-state index in [1.165, 1.54) is 24.3 Å². The Labute approximate surface area is 166 Å². The first-order valence-corrected chi connectivity index (χ1v) is 9.71. The zero-order valence-corrected chi connectivity index (χ0v) is 16.0. The first kappa shape index (κ1) is 19.7. The summed E-state index contributed by atoms with van der Waals surface area (Å²) >= 11 is 0. The van der Waals surface area contributed by atoms with E-state index in [1.807, 2.05) is 4.90 Å². The highest BCUT2D eigenvalue weighted by molar-refractivity contribution is 5.83. The lowest BCUT2D eigenvalue weighted by molar-refractivity contribution is -0.137. The maximum absolute atomic E-state index is 13.1. The lowest BCUT2D eigenvalue weighted by Crippen LogP contribution is -2.49. The van der Waals surface area contributed by atoms with Gasteiger partial charge in [0, 0.05) is 37.8 Å². The van der Waals surface area contributed by atoms with Gasteiger partial charge in [-0.2, -0.15) is 13.2 Å². The molecule has 2 atom stereocenters. The van der Waals surface area contributed by atoms with E-state index in [9.17, 15) is 22.4 Å². The smallest absolute Gasteiger partial charge is 0.368 e. The van der Waals surface area contributed by atoms with Crippen molar-refractivity contribution in [1.29, 1.82) is 0 Å². The van der Waals surface area contributed by atoms with E-state index in [2.05, 4.69) is 0 Å². The van der Waals surface area contributed by atoms with Gasteiger partial charge < -0.3 is 9.80 Å². The number of hydrogen-bond donors (Lipinski definition) is 0. The predicted molar refractivity (Wildman–Crippen MR) is 102 cm³/mol. The van der Waals surface area contributed by atoms with E-state index >= 15 is 0 Å². The van der Waals surface area contributed by atoms with Crippen molar-refractivity contribution in [3.8, 4) is 0 Å². The molecule has 2 fully saturated rings. The van der Waals surface area contributed by atoms with Gasteiger partial charge in [-0.05, 0) is 54.7 Å². The summed E-state index contributed by atoms with van der Waals surface area (Å²) in [6.07, 6.45) is -3.61. The third-order valence-electron chi connectivity index (χ3n) is 5.87. The molecule has 2 aromatic carbocycles. The van der Waals surface area contributed by atoms with Gasteiger partial charge in [-0.15, -0.1) is 0 Å². The molecule has 1 saturated heterocycles. The van der Waals surface area contributed by atoms with Crippen molar-refractivity contribution in [3.05, 3.63) is 65.0 Å². The van der Waals surface area contributed by atoms with Gasteiger partial charge in [-0.3, -0.25) is 4.79 Å². The Hall–Kier alpha value is -2.57. The van der Waals surface area contributed by atoms with Crippen molar-refractivity contribution in [2.45, 2.75) is 25.4 Å². The number of nitrogens with zero attached hydrogens (tertiary/aromatic N) is 2. The van der Waals surface area contributed by atoms with Crippen LogP contribution >= 0.6 is 0 Å². The van der Waals surface area contributed by atoms with Gasteiger partial charge in [0.25, 0.3) is 0 Å². The van der Waals surface area contributed by atoms with Crippen LogP contribution in [0.15, 0.2) is 42.5 Å². The van der Waals surface area contributed by atoms with Gasteiger partial charge in [0.05, 0.1) is 5.56 Å². The predicted octanol–water partition coefficient (Wildman–Crippen LogP) is 4.61. The fraction of sp³-hybridized carbons (Fsp3) is 0.409. The van der Waals surface area contributed by atoms with Gasteiger partial charge in [0.15, 0.2) is 0 Å². The topological polar surface area (TPSA) is 23.6 Å². The summed E-state index contributed by atoms with van der Waals surface area (Å²) in [5, 5.41) is 0. The summed E-state index contributed by atoms with van der Waals surface area (Å²) in [6.45, 7) is 3.77. The summed E-state index contributed by atoms with van der Waals surface area (Å²) in [7, 11) is 0. The van der Waals surface area contributed by atoms with Crippen LogP contribution in [0.3, 0.4) is 0 Å². The summed E-state index contributed by atoms with van der Waals surface area (Å²) in [6, 6.07) is 10.0. The third kappa shape index (κ3) is 4.09. The fourth-order valence-electron chi connectivity index (χ4n) is 4.07. The van der Waals surface area contributed by atoms with Crippen molar-refractivity contribution in [3.63, 3.8) is 0 Å². The number of hydrogen-bond acceptors (Lipinski definition) is 2. The SMILES string of the molecule is Cc1ccc(C(F)(F)F)cc1N1CCN(C(=O)[C@H]2CC2c2ccc(F)cc2)CC1. The molecule has 3 nitrogen and oxygen atoms in total. The Bertz CT molecular complexity index is 902. The summed E-state index contributed by atoms with van der Waals surface area (Å²) in [5.74, 6) is -0.160. The second-order valence-electron chi connectivity index (χ2n) is 7.81. The van der Waals surface area contributed by atoms with Gasteiger partial charge in [0.1, 0.15) is 5.82 Å². The summed E-state index contributed by atoms with van der Waals surface area (Å²) in [4.78, 5) is 16.5. The average molecular weight is 406 g/mol. The second-order valence-corrected chi connectivity index (χ2v) is 7.81. The zero-order valence-electron chi connectivity index (χ0n) is 16.0. The summed E-state index contributed by atoms with van der Waals surface area (Å²) < 4.78 is 52.2. The van der Waals surface area contributed by atoms with Crippen molar-refractivity contribution < 1.29 is 22.4 Å². The monoisotopic (exact) mass is 406 g/mol. The number of carbonyl (C=O) groups is 1. The van der Waals surface area contributed by atoms with E-state index in [-0.39, 0.29) is 23.6 Å². The van der Waals surface area contributed by atoms with Crippen LogP contribution in [0, 0.1) is 18.7 Å². The fourth-order valence-corrected chi connectivity index (χ4v) is 4.07. The number of carbonyl (C=O) groups excluding carboxylic acids is 1. The minimum Gasteiger partial charge on any atom is -0.368 e. The first-order chi connectivity index (χ1) is 13.7. The molecule has 0 aromatic heterocycles. The Kier molecular flexibility index (Phi) is 5.00. The highest BCUT2D eigenvalue weighted by Gasteiger charge is 2.46. The van der Waals surface area contributed by atoms with Crippen LogP contribution in [0.25, 0.3) is 0 Å². The minimum atomic E-state index is -4.37. The lowest BCUT2D eigenvalue weighted by atomic mass is 10.1. The number of benzene rings is 2. The number of aryl methyl sites for hydroxylation is 1. The van der Waals surface area contributed by atoms with Crippen LogP contribution in [0.1, 0.15) is 29.0 Å². The second kappa shape index (κ2) is 7.35. The number of piperazine rings is 1. The van der Waals surface area contributed by atoms with Gasteiger partial charge >= 0.3 is 6.18 Å². The molecule has 0 radical (unpaired) electrons. The summed E-state index contributed by atoms with van der Waals surface area (Å²) in [5.41, 5.74) is 1.68. The molecule has 1 aliphatic heterocycles. The Morgan fingerprint density at radius 3 is 2.28 bits per heavy atom. The molecular weight excluding hydrogens is 384 g/mol. The van der Waals surface area contributed by atoms with Gasteiger partial charge in [-0.25, -0.2) is 4.39 Å². The van der Waals surface area contributed by atoms with Crippen LogP contribution in [0.4, 0.5) is 23.2 Å². The van der Waals surface area contributed by atoms with Crippen molar-refractivity contribution in [2.24, 2.45) is 5.92 Å². The molecule has 1 aliphatic carbocycles. The van der Waals surface area contributed by atoms with E-state index in [0.717, 1.165) is 23.6 Å². The minimum absolute atomic E-state index is 0.0812. The molecule has 1 amide bonds. The number of anilines is 1. The number of rotatable bonds is 3. The Balaban J connectivity index is 1.38. The van der Waals surface area contributed by atoms with Crippen molar-refractivity contribution in [1.82, 2.24) is 4.90 Å². The quantitative estimate of drug-likeness (QED) is 0.696. The Morgan fingerprint density at radius 1 is 1.00 bits per heavy atom. The zero-order chi connectivity index (χ0) is 20.8. The molecule has 0 N–H and O–H groups in total. The van der Waals surface area contributed by atoms with E-state index < -0.39 is 11.7 Å². The van der Waals surface area contributed by atoms with Gasteiger partial charge in [0.2, 0.25) is 5.91 Å². The normalized spacial score (nSPS) is 22.0. The molecule has 154 valence electrons. The van der Waals surface area contributed by atoms with Crippen LogP contribution in [-0.2, 0) is 11.0 Å². The van der Waals surface area contributed by atoms with Crippen LogP contribution in [0.2, 0.25) is 0 Å². The van der Waals surface area contributed by atoms with Crippen LogP contribution in [-0.4, -0.2) is 37.0 Å². The molecule has 2 aliphatic rings. The molecule has 7 heteroatoms. The Morgan fingerprint density at radius 2 is 1.66 bits per heavy atom. The van der Waals surface area contributed by atoms with Crippen LogP contribution < -0.4 is 4.90 Å². The molecule has 2 aromatic rings. The van der Waals surface area contributed by atoms with E-state index in [4.69, 9.17) is 0 Å². The molecule has 4 rings (SSSR count).